The van der Waals surface area contributed by atoms with Crippen LogP contribution in [-0.2, 0) is 11.8 Å². The van der Waals surface area contributed by atoms with Crippen molar-refractivity contribution < 1.29 is 13.6 Å². The number of carbonyl (C=O) groups is 1. The molecule has 1 aromatic carbocycles. The standard InChI is InChI=1S/C17H17F2N3O2S/c1-3-6-25-17-21-16(24)14-11(8-13(23)20-15(14)22(17)2)10-5-4-9(18)7-12(10)19/h4-5,7,11H,3,6,8H2,1-2H3,(H,20,23)/t11-/m0/s1. The number of aromatic nitrogens is 2. The van der Waals surface area contributed by atoms with Crippen molar-refractivity contribution in [2.24, 2.45) is 7.05 Å². The summed E-state index contributed by atoms with van der Waals surface area (Å²) in [6.07, 6.45) is 0.821. The van der Waals surface area contributed by atoms with Crippen LogP contribution in [0.5, 0.6) is 0 Å². The van der Waals surface area contributed by atoms with Crippen molar-refractivity contribution in [1.29, 1.82) is 0 Å². The van der Waals surface area contributed by atoms with Crippen molar-refractivity contribution in [2.75, 3.05) is 11.1 Å². The van der Waals surface area contributed by atoms with Crippen molar-refractivity contribution in [3.63, 3.8) is 0 Å². The van der Waals surface area contributed by atoms with Crippen LogP contribution in [0, 0.1) is 11.6 Å². The van der Waals surface area contributed by atoms with Gasteiger partial charge < -0.3 is 9.88 Å². The minimum atomic E-state index is -0.791. The van der Waals surface area contributed by atoms with Crippen LogP contribution in [0.2, 0.25) is 0 Å². The van der Waals surface area contributed by atoms with E-state index in [0.29, 0.717) is 11.0 Å². The molecule has 5 nitrogen and oxygen atoms in total. The highest BCUT2D eigenvalue weighted by Gasteiger charge is 2.33. The zero-order valence-corrected chi connectivity index (χ0v) is 14.6. The molecule has 1 aromatic heterocycles. The molecule has 0 spiro atoms. The molecule has 2 aromatic rings. The van der Waals surface area contributed by atoms with Crippen molar-refractivity contribution in [1.82, 2.24) is 9.55 Å². The Kier molecular flexibility index (Phi) is 4.89. The molecule has 8 heteroatoms. The smallest absolute Gasteiger partial charge is 0.279 e. The van der Waals surface area contributed by atoms with Crippen molar-refractivity contribution >= 4 is 23.5 Å². The summed E-state index contributed by atoms with van der Waals surface area (Å²) in [4.78, 5) is 28.8. The third-order valence-electron chi connectivity index (χ3n) is 4.07. The first kappa shape index (κ1) is 17.6. The van der Waals surface area contributed by atoms with Crippen LogP contribution in [0.4, 0.5) is 14.6 Å². The van der Waals surface area contributed by atoms with Crippen LogP contribution in [-0.4, -0.2) is 21.2 Å². The van der Waals surface area contributed by atoms with E-state index in [-0.39, 0.29) is 23.5 Å². The summed E-state index contributed by atoms with van der Waals surface area (Å²) in [5.74, 6) is -1.50. The number of benzene rings is 1. The van der Waals surface area contributed by atoms with E-state index in [0.717, 1.165) is 24.3 Å². The van der Waals surface area contributed by atoms with E-state index in [2.05, 4.69) is 10.3 Å². The highest BCUT2D eigenvalue weighted by atomic mass is 32.2. The van der Waals surface area contributed by atoms with Gasteiger partial charge in [0.05, 0.1) is 5.56 Å². The van der Waals surface area contributed by atoms with E-state index in [4.69, 9.17) is 0 Å². The zero-order chi connectivity index (χ0) is 18.1. The SMILES string of the molecule is CCCSc1nc(=O)c2c(n1C)NC(=O)C[C@H]2c1ccc(F)cc1F. The lowest BCUT2D eigenvalue weighted by Crippen LogP contribution is -2.33. The molecule has 25 heavy (non-hydrogen) atoms. The number of amides is 1. The minimum Gasteiger partial charge on any atom is -0.312 e. The summed E-state index contributed by atoms with van der Waals surface area (Å²) in [6.45, 7) is 2.01. The zero-order valence-electron chi connectivity index (χ0n) is 13.8. The lowest BCUT2D eigenvalue weighted by molar-refractivity contribution is -0.116. The minimum absolute atomic E-state index is 0.0894. The summed E-state index contributed by atoms with van der Waals surface area (Å²) >= 11 is 1.41. The van der Waals surface area contributed by atoms with Gasteiger partial charge in [0.2, 0.25) is 5.91 Å². The Morgan fingerprint density at radius 1 is 1.36 bits per heavy atom. The van der Waals surface area contributed by atoms with E-state index in [1.54, 1.807) is 11.6 Å². The summed E-state index contributed by atoms with van der Waals surface area (Å²) in [5.41, 5.74) is -0.153. The van der Waals surface area contributed by atoms with Crippen LogP contribution in [0.15, 0.2) is 28.2 Å². The van der Waals surface area contributed by atoms with Crippen molar-refractivity contribution in [3.8, 4) is 0 Å². The average molecular weight is 365 g/mol. The van der Waals surface area contributed by atoms with E-state index < -0.39 is 23.1 Å². The molecule has 1 aliphatic rings. The molecular formula is C17H17F2N3O2S. The number of carbonyl (C=O) groups excluding carboxylic acids is 1. The predicted octanol–water partition coefficient (Wildman–Crippen LogP) is 3.03. The molecule has 1 aliphatic heterocycles. The molecule has 0 aliphatic carbocycles. The molecule has 1 amide bonds. The molecule has 3 rings (SSSR count). The van der Waals surface area contributed by atoms with Gasteiger partial charge in [0.15, 0.2) is 5.16 Å². The second-order valence-corrected chi connectivity index (χ2v) is 6.90. The second-order valence-electron chi connectivity index (χ2n) is 5.84. The van der Waals surface area contributed by atoms with Gasteiger partial charge in [-0.2, -0.15) is 4.98 Å². The number of anilines is 1. The van der Waals surface area contributed by atoms with Crippen LogP contribution < -0.4 is 10.9 Å². The summed E-state index contributed by atoms with van der Waals surface area (Å²) < 4.78 is 29.1. The normalized spacial score (nSPS) is 16.5. The molecule has 0 radical (unpaired) electrons. The maximum absolute atomic E-state index is 14.2. The maximum Gasteiger partial charge on any atom is 0.279 e. The van der Waals surface area contributed by atoms with Crippen LogP contribution in [0.25, 0.3) is 0 Å². The largest absolute Gasteiger partial charge is 0.312 e. The number of rotatable bonds is 4. The lowest BCUT2D eigenvalue weighted by Gasteiger charge is -2.27. The van der Waals surface area contributed by atoms with E-state index in [9.17, 15) is 18.4 Å². The fourth-order valence-corrected chi connectivity index (χ4v) is 3.73. The number of hydrogen-bond donors (Lipinski definition) is 1. The fraction of sp³-hybridized carbons (Fsp3) is 0.353. The molecule has 132 valence electrons. The van der Waals surface area contributed by atoms with Gasteiger partial charge in [-0.05, 0) is 18.1 Å². The average Bonchev–Trinajstić information content (AvgIpc) is 2.56. The number of halogens is 2. The number of nitrogens with one attached hydrogen (secondary N) is 1. The summed E-state index contributed by atoms with van der Waals surface area (Å²) in [7, 11) is 1.70. The van der Waals surface area contributed by atoms with E-state index in [1.807, 2.05) is 6.92 Å². The third kappa shape index (κ3) is 3.30. The highest BCUT2D eigenvalue weighted by molar-refractivity contribution is 7.99. The topological polar surface area (TPSA) is 64.0 Å². The number of fused-ring (bicyclic) bond motifs is 1. The van der Waals surface area contributed by atoms with Crippen LogP contribution in [0.1, 0.15) is 36.8 Å². The highest BCUT2D eigenvalue weighted by Crippen LogP contribution is 2.36. The maximum atomic E-state index is 14.2. The molecule has 0 saturated carbocycles. The lowest BCUT2D eigenvalue weighted by atomic mass is 9.86. The first-order valence-electron chi connectivity index (χ1n) is 7.90. The van der Waals surface area contributed by atoms with Crippen molar-refractivity contribution in [3.05, 3.63) is 51.3 Å². The summed E-state index contributed by atoms with van der Waals surface area (Å²) in [6, 6.07) is 3.15. The van der Waals surface area contributed by atoms with E-state index >= 15 is 0 Å². The van der Waals surface area contributed by atoms with E-state index in [1.165, 1.54) is 17.8 Å². The Bertz CT molecular complexity index is 898. The van der Waals surface area contributed by atoms with Crippen LogP contribution in [0.3, 0.4) is 0 Å². The van der Waals surface area contributed by atoms with Gasteiger partial charge in [-0.15, -0.1) is 0 Å². The Morgan fingerprint density at radius 2 is 2.12 bits per heavy atom. The quantitative estimate of drug-likeness (QED) is 0.668. The number of thioether (sulfide) groups is 1. The van der Waals surface area contributed by atoms with Gasteiger partial charge in [0, 0.05) is 31.2 Å². The molecule has 1 atom stereocenters. The molecule has 1 N–H and O–H groups in total. The molecule has 0 fully saturated rings. The molecule has 0 saturated heterocycles. The Balaban J connectivity index is 2.16. The summed E-state index contributed by atoms with van der Waals surface area (Å²) in [5, 5.41) is 3.18. The third-order valence-corrected chi connectivity index (χ3v) is 5.31. The Morgan fingerprint density at radius 3 is 2.80 bits per heavy atom. The number of nitrogens with zero attached hydrogens (tertiary/aromatic N) is 2. The molecule has 0 unspecified atom stereocenters. The molecule has 2 heterocycles. The van der Waals surface area contributed by atoms with Gasteiger partial charge in [-0.3, -0.25) is 9.59 Å². The number of hydrogen-bond acceptors (Lipinski definition) is 4. The van der Waals surface area contributed by atoms with Gasteiger partial charge in [0.1, 0.15) is 17.5 Å². The molecule has 0 bridgehead atoms. The molecular weight excluding hydrogens is 348 g/mol. The fourth-order valence-electron chi connectivity index (χ4n) is 2.91. The second kappa shape index (κ2) is 6.95. The Hall–Kier alpha value is -2.22. The van der Waals surface area contributed by atoms with Gasteiger partial charge in [0.25, 0.3) is 5.56 Å². The monoisotopic (exact) mass is 365 g/mol. The van der Waals surface area contributed by atoms with Crippen molar-refractivity contribution in [2.45, 2.75) is 30.8 Å². The first-order chi connectivity index (χ1) is 11.9. The van der Waals surface area contributed by atoms with Gasteiger partial charge in [-0.25, -0.2) is 8.78 Å². The Labute approximate surface area is 147 Å². The first-order valence-corrected chi connectivity index (χ1v) is 8.89. The van der Waals surface area contributed by atoms with Crippen LogP contribution >= 0.6 is 11.8 Å². The van der Waals surface area contributed by atoms with Gasteiger partial charge in [-0.1, -0.05) is 24.8 Å². The predicted molar refractivity (Wildman–Crippen MR) is 91.9 cm³/mol. The van der Waals surface area contributed by atoms with Gasteiger partial charge >= 0.3 is 0 Å².